The second-order valence-corrected chi connectivity index (χ2v) is 5.23. The molecule has 0 amide bonds. The summed E-state index contributed by atoms with van der Waals surface area (Å²) in [6.07, 6.45) is 2.09. The highest BCUT2D eigenvalue weighted by molar-refractivity contribution is 5.86. The van der Waals surface area contributed by atoms with Gasteiger partial charge in [0.1, 0.15) is 17.1 Å². The second kappa shape index (κ2) is 6.06. The van der Waals surface area contributed by atoms with E-state index in [-0.39, 0.29) is 12.4 Å². The van der Waals surface area contributed by atoms with Crippen molar-refractivity contribution >= 4 is 23.4 Å². The molecule has 3 nitrogen and oxygen atoms in total. The third-order valence-corrected chi connectivity index (χ3v) is 4.00. The largest absolute Gasteiger partial charge is 0.494 e. The fourth-order valence-electron chi connectivity index (χ4n) is 2.87. The maximum absolute atomic E-state index is 5.85. The van der Waals surface area contributed by atoms with Crippen LogP contribution in [0, 0.1) is 5.92 Å². The Balaban J connectivity index is 0.00000147. The van der Waals surface area contributed by atoms with Crippen LogP contribution in [0.25, 0.3) is 11.0 Å². The van der Waals surface area contributed by atoms with E-state index in [0.29, 0.717) is 18.4 Å². The number of hydrogen-bond acceptors (Lipinski definition) is 3. The summed E-state index contributed by atoms with van der Waals surface area (Å²) in [5.41, 5.74) is 8.07. The van der Waals surface area contributed by atoms with Gasteiger partial charge >= 0.3 is 0 Å². The van der Waals surface area contributed by atoms with Crippen LogP contribution >= 0.6 is 12.4 Å². The average molecular weight is 296 g/mol. The summed E-state index contributed by atoms with van der Waals surface area (Å²) in [6, 6.07) is 6.22. The molecule has 110 valence electrons. The van der Waals surface area contributed by atoms with E-state index in [1.165, 1.54) is 17.4 Å². The number of ether oxygens (including phenoxy) is 1. The van der Waals surface area contributed by atoms with Crippen LogP contribution in [0.3, 0.4) is 0 Å². The molecule has 1 saturated carbocycles. The molecule has 4 heteroatoms. The average Bonchev–Trinajstić information content (AvgIpc) is 3.08. The van der Waals surface area contributed by atoms with Gasteiger partial charge in [0.25, 0.3) is 0 Å². The van der Waals surface area contributed by atoms with Crippen LogP contribution in [-0.4, -0.2) is 13.2 Å². The predicted octanol–water partition coefficient (Wildman–Crippen LogP) is 3.88. The van der Waals surface area contributed by atoms with Crippen LogP contribution in [0.15, 0.2) is 22.6 Å². The molecule has 1 heterocycles. The second-order valence-electron chi connectivity index (χ2n) is 5.23. The molecule has 1 fully saturated rings. The number of halogens is 1. The Morgan fingerprint density at radius 3 is 2.75 bits per heavy atom. The smallest absolute Gasteiger partial charge is 0.134 e. The molecule has 2 atom stereocenters. The van der Waals surface area contributed by atoms with Crippen molar-refractivity contribution in [3.8, 4) is 5.75 Å². The van der Waals surface area contributed by atoms with E-state index in [4.69, 9.17) is 14.9 Å². The van der Waals surface area contributed by atoms with E-state index in [2.05, 4.69) is 13.0 Å². The molecule has 1 aliphatic rings. The summed E-state index contributed by atoms with van der Waals surface area (Å²) >= 11 is 0. The zero-order valence-electron chi connectivity index (χ0n) is 12.0. The number of rotatable bonds is 5. The van der Waals surface area contributed by atoms with Gasteiger partial charge in [-0.2, -0.15) is 0 Å². The van der Waals surface area contributed by atoms with E-state index in [9.17, 15) is 0 Å². The van der Waals surface area contributed by atoms with Gasteiger partial charge in [-0.05, 0) is 49.9 Å². The summed E-state index contributed by atoms with van der Waals surface area (Å²) in [5, 5.41) is 1.21. The topological polar surface area (TPSA) is 48.4 Å². The maximum Gasteiger partial charge on any atom is 0.134 e. The molecule has 0 radical (unpaired) electrons. The first-order valence-corrected chi connectivity index (χ1v) is 7.16. The van der Waals surface area contributed by atoms with E-state index in [1.807, 2.05) is 19.1 Å². The highest BCUT2D eigenvalue weighted by atomic mass is 35.5. The summed E-state index contributed by atoms with van der Waals surface area (Å²) in [6.45, 7) is 5.58. The Morgan fingerprint density at radius 2 is 2.15 bits per heavy atom. The molecule has 0 bridgehead atoms. The third-order valence-electron chi connectivity index (χ3n) is 4.00. The Labute approximate surface area is 125 Å². The molecular formula is C16H22ClNO2. The Bertz CT molecular complexity index is 593. The van der Waals surface area contributed by atoms with Crippen LogP contribution in [0.5, 0.6) is 5.75 Å². The van der Waals surface area contributed by atoms with E-state index in [1.54, 1.807) is 0 Å². The molecule has 2 aromatic rings. The number of hydrogen-bond donors (Lipinski definition) is 1. The van der Waals surface area contributed by atoms with Crippen LogP contribution in [0.1, 0.15) is 37.5 Å². The molecule has 0 spiro atoms. The molecule has 1 aliphatic carbocycles. The summed E-state index contributed by atoms with van der Waals surface area (Å²) < 4.78 is 11.7. The normalized spacial score (nSPS) is 20.8. The van der Waals surface area contributed by atoms with Crippen molar-refractivity contribution in [3.05, 3.63) is 29.5 Å². The molecule has 0 unspecified atom stereocenters. The van der Waals surface area contributed by atoms with Gasteiger partial charge in [-0.15, -0.1) is 12.4 Å². The van der Waals surface area contributed by atoms with Gasteiger partial charge in [-0.25, -0.2) is 0 Å². The zero-order chi connectivity index (χ0) is 13.4. The quantitative estimate of drug-likeness (QED) is 0.910. The lowest BCUT2D eigenvalue weighted by Crippen LogP contribution is -2.03. The fraction of sp³-hybridized carbons (Fsp3) is 0.500. The zero-order valence-corrected chi connectivity index (χ0v) is 12.8. The van der Waals surface area contributed by atoms with Crippen molar-refractivity contribution < 1.29 is 9.15 Å². The van der Waals surface area contributed by atoms with Gasteiger partial charge in [0.05, 0.1) is 6.61 Å². The SMILES string of the molecule is CCOc1ccc2oc(CC)cc2c1[C@H]1C[C@@H]1CN.Cl. The van der Waals surface area contributed by atoms with Crippen LogP contribution in [-0.2, 0) is 6.42 Å². The highest BCUT2D eigenvalue weighted by Gasteiger charge is 2.40. The summed E-state index contributed by atoms with van der Waals surface area (Å²) in [7, 11) is 0. The van der Waals surface area contributed by atoms with Crippen molar-refractivity contribution in [1.82, 2.24) is 0 Å². The molecule has 1 aromatic heterocycles. The minimum atomic E-state index is 0. The van der Waals surface area contributed by atoms with Crippen molar-refractivity contribution in [1.29, 1.82) is 0 Å². The van der Waals surface area contributed by atoms with Crippen LogP contribution in [0.4, 0.5) is 0 Å². The summed E-state index contributed by atoms with van der Waals surface area (Å²) in [4.78, 5) is 0. The molecule has 2 N–H and O–H groups in total. The monoisotopic (exact) mass is 295 g/mol. The van der Waals surface area contributed by atoms with Gasteiger partial charge < -0.3 is 14.9 Å². The first-order chi connectivity index (χ1) is 9.28. The molecule has 1 aromatic carbocycles. The van der Waals surface area contributed by atoms with Crippen molar-refractivity contribution in [3.63, 3.8) is 0 Å². The van der Waals surface area contributed by atoms with Gasteiger partial charge in [0, 0.05) is 17.4 Å². The highest BCUT2D eigenvalue weighted by Crippen LogP contribution is 2.52. The lowest BCUT2D eigenvalue weighted by Gasteiger charge is -2.10. The van der Waals surface area contributed by atoms with Crippen LogP contribution < -0.4 is 10.5 Å². The molecule has 0 saturated heterocycles. The number of benzene rings is 1. The van der Waals surface area contributed by atoms with Crippen LogP contribution in [0.2, 0.25) is 0 Å². The maximum atomic E-state index is 5.85. The predicted molar refractivity (Wildman–Crippen MR) is 83.9 cm³/mol. The van der Waals surface area contributed by atoms with E-state index >= 15 is 0 Å². The Hall–Kier alpha value is -1.19. The first-order valence-electron chi connectivity index (χ1n) is 7.16. The van der Waals surface area contributed by atoms with Gasteiger partial charge in [0.2, 0.25) is 0 Å². The molecule has 20 heavy (non-hydrogen) atoms. The minimum absolute atomic E-state index is 0. The fourth-order valence-corrected chi connectivity index (χ4v) is 2.87. The molecule has 3 rings (SSSR count). The first kappa shape index (κ1) is 15.2. The van der Waals surface area contributed by atoms with Gasteiger partial charge in [-0.1, -0.05) is 6.92 Å². The number of aryl methyl sites for hydroxylation is 1. The lowest BCUT2D eigenvalue weighted by molar-refractivity contribution is 0.337. The molecule has 0 aliphatic heterocycles. The van der Waals surface area contributed by atoms with Crippen molar-refractivity contribution in [2.45, 2.75) is 32.6 Å². The van der Waals surface area contributed by atoms with Gasteiger partial charge in [0.15, 0.2) is 0 Å². The van der Waals surface area contributed by atoms with Crippen molar-refractivity contribution in [2.75, 3.05) is 13.2 Å². The Morgan fingerprint density at radius 1 is 1.35 bits per heavy atom. The van der Waals surface area contributed by atoms with E-state index < -0.39 is 0 Å². The molecular weight excluding hydrogens is 274 g/mol. The number of nitrogens with two attached hydrogens (primary N) is 1. The standard InChI is InChI=1S/C16H21NO2.ClH/c1-3-11-8-13-14(19-11)5-6-15(18-4-2)16(13)12-7-10(12)9-17;/h5-6,8,10,12H,3-4,7,9,17H2,1-2H3;1H/t10-,12+;/m1./s1. The number of furan rings is 1. The van der Waals surface area contributed by atoms with E-state index in [0.717, 1.165) is 30.1 Å². The third kappa shape index (κ3) is 2.52. The number of fused-ring (bicyclic) bond motifs is 1. The Kier molecular flexibility index (Phi) is 4.61. The lowest BCUT2D eigenvalue weighted by atomic mass is 10.0. The van der Waals surface area contributed by atoms with Gasteiger partial charge in [-0.3, -0.25) is 0 Å². The van der Waals surface area contributed by atoms with Crippen molar-refractivity contribution in [2.24, 2.45) is 11.7 Å². The minimum Gasteiger partial charge on any atom is -0.494 e. The summed E-state index contributed by atoms with van der Waals surface area (Å²) in [5.74, 6) is 3.18.